The molecule has 1 heteroatoms. The van der Waals surface area contributed by atoms with Crippen molar-refractivity contribution in [2.45, 2.75) is 0 Å². The normalized spacial score (nSPS) is 11.9. The Morgan fingerprint density at radius 2 is 0.639 bits per heavy atom. The first-order valence-corrected chi connectivity index (χ1v) is 21.2. The Hall–Kier alpha value is -8.00. The minimum atomic E-state index is 1.17. The number of para-hydroxylation sites is 2. The summed E-state index contributed by atoms with van der Waals surface area (Å²) in [4.78, 5) is 0. The average molecular weight is 772 g/mol. The van der Waals surface area contributed by atoms with E-state index >= 15 is 0 Å². The lowest BCUT2D eigenvalue weighted by atomic mass is 9.85. The predicted octanol–water partition coefficient (Wildman–Crippen LogP) is 16.7. The van der Waals surface area contributed by atoms with Crippen LogP contribution in [-0.4, -0.2) is 4.57 Å². The summed E-state index contributed by atoms with van der Waals surface area (Å²) in [7, 11) is 0. The van der Waals surface area contributed by atoms with E-state index in [2.05, 4.69) is 229 Å². The first-order valence-electron chi connectivity index (χ1n) is 21.2. The van der Waals surface area contributed by atoms with Gasteiger partial charge in [0.2, 0.25) is 0 Å². The van der Waals surface area contributed by atoms with Crippen molar-refractivity contribution in [1.29, 1.82) is 0 Å². The minimum absolute atomic E-state index is 1.17. The van der Waals surface area contributed by atoms with Gasteiger partial charge in [0, 0.05) is 16.5 Å². The number of benzene rings is 12. The van der Waals surface area contributed by atoms with Crippen LogP contribution in [0.15, 0.2) is 224 Å². The van der Waals surface area contributed by atoms with Crippen LogP contribution in [0, 0.1) is 0 Å². The SMILES string of the molecule is c1ccc(-c2ccc3c(c2)c2ccccc2c2c4ccc(-c5cccc6c(-c7ccc8c9ccccc9n(-c9ccccc9)c8c7)cccc56)cc4c4ccccc4c32)cc1. The van der Waals surface area contributed by atoms with Gasteiger partial charge < -0.3 is 4.57 Å². The molecule has 0 aliphatic rings. The number of rotatable bonds is 4. The van der Waals surface area contributed by atoms with Crippen LogP contribution in [0.5, 0.6) is 0 Å². The quantitative estimate of drug-likeness (QED) is 0.157. The first kappa shape index (κ1) is 33.9. The molecule has 0 radical (unpaired) electrons. The molecule has 61 heavy (non-hydrogen) atoms. The lowest BCUT2D eigenvalue weighted by molar-refractivity contribution is 1.18. The molecule has 0 saturated carbocycles. The third-order valence-electron chi connectivity index (χ3n) is 13.1. The zero-order valence-corrected chi connectivity index (χ0v) is 33.3. The highest BCUT2D eigenvalue weighted by Gasteiger charge is 2.19. The van der Waals surface area contributed by atoms with Crippen molar-refractivity contribution in [3.8, 4) is 39.1 Å². The van der Waals surface area contributed by atoms with E-state index in [1.165, 1.54) is 126 Å². The van der Waals surface area contributed by atoms with Crippen LogP contribution in [0.3, 0.4) is 0 Å². The van der Waals surface area contributed by atoms with Crippen LogP contribution < -0.4 is 0 Å². The second-order valence-corrected chi connectivity index (χ2v) is 16.4. The highest BCUT2D eigenvalue weighted by Crippen LogP contribution is 2.46. The van der Waals surface area contributed by atoms with Crippen LogP contribution in [0.4, 0.5) is 0 Å². The molecule has 0 bridgehead atoms. The summed E-state index contributed by atoms with van der Waals surface area (Å²) in [6, 6.07) is 83.0. The zero-order chi connectivity index (χ0) is 40.0. The van der Waals surface area contributed by atoms with Gasteiger partial charge in [0.15, 0.2) is 0 Å². The van der Waals surface area contributed by atoms with Crippen LogP contribution in [0.1, 0.15) is 0 Å². The molecule has 1 heterocycles. The van der Waals surface area contributed by atoms with Gasteiger partial charge in [-0.05, 0) is 134 Å². The smallest absolute Gasteiger partial charge is 0.0547 e. The van der Waals surface area contributed by atoms with E-state index < -0.39 is 0 Å². The van der Waals surface area contributed by atoms with Gasteiger partial charge in [-0.3, -0.25) is 0 Å². The maximum absolute atomic E-state index is 2.44. The molecule has 0 aliphatic carbocycles. The fourth-order valence-corrected chi connectivity index (χ4v) is 10.5. The molecule has 0 fully saturated rings. The van der Waals surface area contributed by atoms with Crippen molar-refractivity contribution < 1.29 is 0 Å². The molecule has 0 saturated heterocycles. The highest BCUT2D eigenvalue weighted by atomic mass is 15.0. The molecule has 0 N–H and O–H groups in total. The number of hydrogen-bond acceptors (Lipinski definition) is 0. The standard InChI is InChI=1S/C60H37N/c1-3-15-38(16-4-1)39-29-33-53-55(35-39)47-19-7-9-22-51(47)60-54-34-31-40(36-56(54)48-20-8-10-23-52(48)59(53)60)43-24-13-27-46-44(25-14-26-45(43)46)41-30-32-50-49-21-11-12-28-57(49)61(58(50)37-41)42-17-5-2-6-18-42/h1-37H. The Morgan fingerprint density at radius 3 is 1.26 bits per heavy atom. The predicted molar refractivity (Wildman–Crippen MR) is 262 cm³/mol. The average Bonchev–Trinajstić information content (AvgIpc) is 3.67. The maximum Gasteiger partial charge on any atom is 0.0547 e. The number of nitrogens with zero attached hydrogens (tertiary/aromatic N) is 1. The summed E-state index contributed by atoms with van der Waals surface area (Å²) in [6.07, 6.45) is 0. The van der Waals surface area contributed by atoms with E-state index in [4.69, 9.17) is 0 Å². The topological polar surface area (TPSA) is 4.93 Å². The van der Waals surface area contributed by atoms with Crippen LogP contribution in [0.25, 0.3) is 126 Å². The maximum atomic E-state index is 2.44. The minimum Gasteiger partial charge on any atom is -0.309 e. The summed E-state index contributed by atoms with van der Waals surface area (Å²) in [5.41, 5.74) is 11.0. The number of fused-ring (bicyclic) bond motifs is 15. The summed E-state index contributed by atoms with van der Waals surface area (Å²) in [5, 5.41) is 17.9. The fourth-order valence-electron chi connectivity index (χ4n) is 10.5. The molecule has 1 nitrogen and oxygen atoms in total. The Labute approximate surface area is 353 Å². The van der Waals surface area contributed by atoms with Crippen molar-refractivity contribution in [2.75, 3.05) is 0 Å². The van der Waals surface area contributed by atoms with Crippen LogP contribution >= 0.6 is 0 Å². The summed E-state index contributed by atoms with van der Waals surface area (Å²) < 4.78 is 2.40. The second-order valence-electron chi connectivity index (χ2n) is 16.4. The molecule has 0 atom stereocenters. The van der Waals surface area contributed by atoms with Crippen molar-refractivity contribution >= 4 is 86.4 Å². The highest BCUT2D eigenvalue weighted by molar-refractivity contribution is 6.39. The van der Waals surface area contributed by atoms with Crippen LogP contribution in [0.2, 0.25) is 0 Å². The number of aromatic nitrogens is 1. The van der Waals surface area contributed by atoms with Gasteiger partial charge in [0.05, 0.1) is 11.0 Å². The van der Waals surface area contributed by atoms with Crippen molar-refractivity contribution in [2.24, 2.45) is 0 Å². The van der Waals surface area contributed by atoms with Crippen molar-refractivity contribution in [3.05, 3.63) is 224 Å². The fraction of sp³-hybridized carbons (Fsp3) is 0. The van der Waals surface area contributed by atoms with Gasteiger partial charge in [-0.2, -0.15) is 0 Å². The molecule has 13 aromatic rings. The van der Waals surface area contributed by atoms with E-state index in [1.807, 2.05) is 0 Å². The van der Waals surface area contributed by atoms with Crippen LogP contribution in [-0.2, 0) is 0 Å². The summed E-state index contributed by atoms with van der Waals surface area (Å²) >= 11 is 0. The van der Waals surface area contributed by atoms with Gasteiger partial charge >= 0.3 is 0 Å². The molecule has 0 amide bonds. The third kappa shape index (κ3) is 5.08. The third-order valence-corrected chi connectivity index (χ3v) is 13.1. The van der Waals surface area contributed by atoms with E-state index in [0.717, 1.165) is 0 Å². The van der Waals surface area contributed by atoms with E-state index in [1.54, 1.807) is 0 Å². The molecule has 13 rings (SSSR count). The Balaban J connectivity index is 1.02. The first-order chi connectivity index (χ1) is 30.3. The summed E-state index contributed by atoms with van der Waals surface area (Å²) in [5.74, 6) is 0. The Morgan fingerprint density at radius 1 is 0.213 bits per heavy atom. The van der Waals surface area contributed by atoms with Gasteiger partial charge in [-0.15, -0.1) is 0 Å². The molecule has 0 aliphatic heterocycles. The zero-order valence-electron chi connectivity index (χ0n) is 33.3. The van der Waals surface area contributed by atoms with Crippen molar-refractivity contribution in [3.63, 3.8) is 0 Å². The molecule has 282 valence electrons. The van der Waals surface area contributed by atoms with Crippen molar-refractivity contribution in [1.82, 2.24) is 4.57 Å². The van der Waals surface area contributed by atoms with Gasteiger partial charge in [0.1, 0.15) is 0 Å². The molecule has 0 spiro atoms. The lowest BCUT2D eigenvalue weighted by Crippen LogP contribution is -1.93. The molecular weight excluding hydrogens is 735 g/mol. The number of hydrogen-bond donors (Lipinski definition) is 0. The monoisotopic (exact) mass is 771 g/mol. The largest absolute Gasteiger partial charge is 0.309 e. The van der Waals surface area contributed by atoms with Gasteiger partial charge in [-0.25, -0.2) is 0 Å². The lowest BCUT2D eigenvalue weighted by Gasteiger charge is -2.18. The molecule has 12 aromatic carbocycles. The van der Waals surface area contributed by atoms with E-state index in [0.29, 0.717) is 0 Å². The Bertz CT molecular complexity index is 3910. The van der Waals surface area contributed by atoms with Gasteiger partial charge in [-0.1, -0.05) is 188 Å². The summed E-state index contributed by atoms with van der Waals surface area (Å²) in [6.45, 7) is 0. The van der Waals surface area contributed by atoms with E-state index in [9.17, 15) is 0 Å². The second kappa shape index (κ2) is 13.3. The molecule has 1 aromatic heterocycles. The van der Waals surface area contributed by atoms with E-state index in [-0.39, 0.29) is 0 Å². The molecular formula is C60H37N. The molecule has 0 unspecified atom stereocenters. The van der Waals surface area contributed by atoms with Gasteiger partial charge in [0.25, 0.3) is 0 Å². The Kier molecular flexibility index (Phi) is 7.37.